The molecule has 2 heterocycles. The van der Waals surface area contributed by atoms with Gasteiger partial charge in [0, 0.05) is 24.9 Å². The first-order valence-electron chi connectivity index (χ1n) is 6.24. The number of Topliss-reactive ketones (excluding diaryl/α,β-unsaturated/α-hetero) is 1. The number of benzene rings is 1. The number of rotatable bonds is 1. The van der Waals surface area contributed by atoms with E-state index in [1.807, 2.05) is 6.07 Å². The van der Waals surface area contributed by atoms with Crippen molar-refractivity contribution in [3.05, 3.63) is 65.6 Å². The van der Waals surface area contributed by atoms with E-state index in [0.717, 1.165) is 5.56 Å². The summed E-state index contributed by atoms with van der Waals surface area (Å²) in [6.07, 6.45) is 5.01. The SMILES string of the molecule is CC(=O)N1C(=Cc2ccncc2)C(=O)c2ccccc21. The highest BCUT2D eigenvalue weighted by atomic mass is 16.2. The number of fused-ring (bicyclic) bond motifs is 1. The van der Waals surface area contributed by atoms with Gasteiger partial charge in [0.15, 0.2) is 0 Å². The second kappa shape index (κ2) is 4.74. The average Bonchev–Trinajstić information content (AvgIpc) is 2.74. The molecule has 1 aliphatic heterocycles. The van der Waals surface area contributed by atoms with Crippen LogP contribution in [0, 0.1) is 0 Å². The minimum absolute atomic E-state index is 0.132. The standard InChI is InChI=1S/C16H12N2O2/c1-11(19)18-14-5-3-2-4-13(14)16(20)15(18)10-12-6-8-17-9-7-12/h2-10H,1H3. The van der Waals surface area contributed by atoms with Gasteiger partial charge in [-0.25, -0.2) is 0 Å². The fourth-order valence-corrected chi connectivity index (χ4v) is 2.32. The molecule has 1 aromatic carbocycles. The van der Waals surface area contributed by atoms with E-state index >= 15 is 0 Å². The number of hydrogen-bond donors (Lipinski definition) is 0. The van der Waals surface area contributed by atoms with E-state index < -0.39 is 0 Å². The monoisotopic (exact) mass is 264 g/mol. The van der Waals surface area contributed by atoms with Crippen LogP contribution in [0.2, 0.25) is 0 Å². The molecule has 0 radical (unpaired) electrons. The largest absolute Gasteiger partial charge is 0.287 e. The Balaban J connectivity index is 2.15. The van der Waals surface area contributed by atoms with Gasteiger partial charge in [-0.1, -0.05) is 12.1 Å². The number of amides is 1. The van der Waals surface area contributed by atoms with Crippen molar-refractivity contribution >= 4 is 23.5 Å². The predicted molar refractivity (Wildman–Crippen MR) is 76.1 cm³/mol. The third-order valence-corrected chi connectivity index (χ3v) is 3.19. The number of para-hydroxylation sites is 1. The normalized spacial score (nSPS) is 15.6. The summed E-state index contributed by atoms with van der Waals surface area (Å²) in [5.74, 6) is -0.309. The minimum Gasteiger partial charge on any atom is -0.287 e. The molecule has 3 rings (SSSR count). The lowest BCUT2D eigenvalue weighted by atomic mass is 10.1. The summed E-state index contributed by atoms with van der Waals surface area (Å²) in [6.45, 7) is 1.45. The first-order chi connectivity index (χ1) is 9.68. The molecular formula is C16H12N2O2. The zero-order chi connectivity index (χ0) is 14.1. The van der Waals surface area contributed by atoms with E-state index in [0.29, 0.717) is 16.9 Å². The van der Waals surface area contributed by atoms with Gasteiger partial charge in [-0.15, -0.1) is 0 Å². The molecule has 0 saturated carbocycles. The number of allylic oxidation sites excluding steroid dienone is 1. The molecule has 0 bridgehead atoms. The minimum atomic E-state index is -0.177. The van der Waals surface area contributed by atoms with E-state index in [1.54, 1.807) is 48.8 Å². The first kappa shape index (κ1) is 12.3. The second-order valence-corrected chi connectivity index (χ2v) is 4.51. The van der Waals surface area contributed by atoms with Crippen LogP contribution in [0.3, 0.4) is 0 Å². The van der Waals surface area contributed by atoms with Crippen LogP contribution in [0.15, 0.2) is 54.5 Å². The molecule has 1 aromatic heterocycles. The Bertz CT molecular complexity index is 720. The molecule has 0 N–H and O–H groups in total. The van der Waals surface area contributed by atoms with E-state index in [9.17, 15) is 9.59 Å². The smallest absolute Gasteiger partial charge is 0.228 e. The zero-order valence-corrected chi connectivity index (χ0v) is 10.9. The fourth-order valence-electron chi connectivity index (χ4n) is 2.32. The van der Waals surface area contributed by atoms with E-state index in [2.05, 4.69) is 4.98 Å². The molecule has 2 aromatic rings. The Morgan fingerprint density at radius 2 is 1.85 bits per heavy atom. The van der Waals surface area contributed by atoms with Crippen LogP contribution in [0.1, 0.15) is 22.8 Å². The first-order valence-corrected chi connectivity index (χ1v) is 6.24. The Morgan fingerprint density at radius 1 is 1.15 bits per heavy atom. The Hall–Kier alpha value is -2.75. The van der Waals surface area contributed by atoms with Gasteiger partial charge in [-0.05, 0) is 35.9 Å². The van der Waals surface area contributed by atoms with Gasteiger partial charge in [-0.3, -0.25) is 19.5 Å². The molecule has 1 amide bonds. The number of anilines is 1. The fraction of sp³-hybridized carbons (Fsp3) is 0.0625. The Labute approximate surface area is 116 Å². The Kier molecular flexibility index (Phi) is 2.91. The molecule has 0 unspecified atom stereocenters. The van der Waals surface area contributed by atoms with Crippen LogP contribution in [-0.2, 0) is 4.79 Å². The summed E-state index contributed by atoms with van der Waals surface area (Å²) in [4.78, 5) is 29.7. The summed E-state index contributed by atoms with van der Waals surface area (Å²) in [5.41, 5.74) is 2.42. The molecule has 0 fully saturated rings. The van der Waals surface area contributed by atoms with Crippen LogP contribution >= 0.6 is 0 Å². The maximum Gasteiger partial charge on any atom is 0.228 e. The lowest BCUT2D eigenvalue weighted by molar-refractivity contribution is -0.116. The van der Waals surface area contributed by atoms with Crippen LogP contribution in [-0.4, -0.2) is 16.7 Å². The lowest BCUT2D eigenvalue weighted by Crippen LogP contribution is -2.25. The molecule has 1 aliphatic rings. The third kappa shape index (κ3) is 1.91. The average molecular weight is 264 g/mol. The van der Waals surface area contributed by atoms with Gasteiger partial charge in [-0.2, -0.15) is 0 Å². The summed E-state index contributed by atoms with van der Waals surface area (Å²) in [7, 11) is 0. The second-order valence-electron chi connectivity index (χ2n) is 4.51. The number of aromatic nitrogens is 1. The molecule has 4 heteroatoms. The van der Waals surface area contributed by atoms with Gasteiger partial charge < -0.3 is 0 Å². The predicted octanol–water partition coefficient (Wildman–Crippen LogP) is 2.67. The van der Waals surface area contributed by atoms with Crippen molar-refractivity contribution in [2.45, 2.75) is 6.92 Å². The van der Waals surface area contributed by atoms with Crippen molar-refractivity contribution in [2.24, 2.45) is 0 Å². The molecule has 0 aliphatic carbocycles. The van der Waals surface area contributed by atoms with Crippen molar-refractivity contribution in [2.75, 3.05) is 4.90 Å². The number of hydrogen-bond acceptors (Lipinski definition) is 3. The van der Waals surface area contributed by atoms with Crippen molar-refractivity contribution in [3.8, 4) is 0 Å². The van der Waals surface area contributed by atoms with Crippen LogP contribution in [0.4, 0.5) is 5.69 Å². The zero-order valence-electron chi connectivity index (χ0n) is 10.9. The van der Waals surface area contributed by atoms with Crippen LogP contribution in [0.25, 0.3) is 6.08 Å². The summed E-state index contributed by atoms with van der Waals surface area (Å²) in [5, 5.41) is 0. The van der Waals surface area contributed by atoms with Crippen LogP contribution < -0.4 is 4.90 Å². The number of nitrogens with zero attached hydrogens (tertiary/aromatic N) is 2. The summed E-state index contributed by atoms with van der Waals surface area (Å²) < 4.78 is 0. The van der Waals surface area contributed by atoms with Gasteiger partial charge >= 0.3 is 0 Å². The lowest BCUT2D eigenvalue weighted by Gasteiger charge is -2.15. The number of carbonyl (C=O) groups is 2. The van der Waals surface area contributed by atoms with Crippen molar-refractivity contribution < 1.29 is 9.59 Å². The molecule has 98 valence electrons. The highest BCUT2D eigenvalue weighted by molar-refractivity contribution is 6.26. The maximum atomic E-state index is 12.4. The van der Waals surface area contributed by atoms with E-state index in [1.165, 1.54) is 11.8 Å². The summed E-state index contributed by atoms with van der Waals surface area (Å²) in [6, 6.07) is 10.7. The highest BCUT2D eigenvalue weighted by Gasteiger charge is 2.34. The molecule has 4 nitrogen and oxygen atoms in total. The molecular weight excluding hydrogens is 252 g/mol. The van der Waals surface area contributed by atoms with Crippen molar-refractivity contribution in [1.29, 1.82) is 0 Å². The van der Waals surface area contributed by atoms with Gasteiger partial charge in [0.25, 0.3) is 0 Å². The number of pyridine rings is 1. The molecule has 20 heavy (non-hydrogen) atoms. The molecule has 0 spiro atoms. The maximum absolute atomic E-state index is 12.4. The van der Waals surface area contributed by atoms with E-state index in [-0.39, 0.29) is 11.7 Å². The van der Waals surface area contributed by atoms with Crippen molar-refractivity contribution in [1.82, 2.24) is 4.98 Å². The topological polar surface area (TPSA) is 50.3 Å². The van der Waals surface area contributed by atoms with Gasteiger partial charge in [0.2, 0.25) is 11.7 Å². The summed E-state index contributed by atoms with van der Waals surface area (Å²) >= 11 is 0. The molecule has 0 atom stereocenters. The van der Waals surface area contributed by atoms with Gasteiger partial charge in [0.1, 0.15) is 0 Å². The number of carbonyl (C=O) groups excluding carboxylic acids is 2. The van der Waals surface area contributed by atoms with Crippen LogP contribution in [0.5, 0.6) is 0 Å². The highest BCUT2D eigenvalue weighted by Crippen LogP contribution is 2.35. The third-order valence-electron chi connectivity index (χ3n) is 3.19. The van der Waals surface area contributed by atoms with Gasteiger partial charge in [0.05, 0.1) is 11.4 Å². The molecule has 0 saturated heterocycles. The van der Waals surface area contributed by atoms with E-state index in [4.69, 9.17) is 0 Å². The quantitative estimate of drug-likeness (QED) is 0.744. The Morgan fingerprint density at radius 3 is 2.55 bits per heavy atom. The number of ketones is 1. The van der Waals surface area contributed by atoms with Crippen molar-refractivity contribution in [3.63, 3.8) is 0 Å².